The van der Waals surface area contributed by atoms with Crippen LogP contribution in [0.4, 0.5) is 13.9 Å². The van der Waals surface area contributed by atoms with Crippen LogP contribution in [-0.4, -0.2) is 53.1 Å². The minimum atomic E-state index is -2.60. The average molecular weight is 387 g/mol. The van der Waals surface area contributed by atoms with Crippen molar-refractivity contribution in [1.29, 1.82) is 0 Å². The summed E-state index contributed by atoms with van der Waals surface area (Å²) in [7, 11) is 0. The normalized spacial score (nSPS) is 21.9. The molecule has 1 aromatic rings. The summed E-state index contributed by atoms with van der Waals surface area (Å²) in [5.41, 5.74) is 0.00586. The number of likely N-dealkylation sites (tertiary alicyclic amines) is 1. The molecule has 1 aromatic heterocycles. The Balaban J connectivity index is 1.47. The molecule has 1 amide bonds. The number of aromatic nitrogens is 2. The molecule has 146 valence electrons. The number of amides is 1. The molecule has 0 atom stereocenters. The molecular weight excluding hydrogens is 358 g/mol. The van der Waals surface area contributed by atoms with Crippen LogP contribution in [-0.2, 0) is 10.2 Å². The van der Waals surface area contributed by atoms with Gasteiger partial charge in [0, 0.05) is 50.9 Å². The summed E-state index contributed by atoms with van der Waals surface area (Å²) < 4.78 is 26.5. The predicted octanol–water partition coefficient (Wildman–Crippen LogP) is 3.70. The van der Waals surface area contributed by atoms with Gasteiger partial charge in [0.15, 0.2) is 0 Å². The molecule has 0 radical (unpaired) electrons. The maximum atomic E-state index is 13.2. The van der Waals surface area contributed by atoms with E-state index in [1.165, 1.54) is 0 Å². The molecule has 3 rings (SSSR count). The minimum absolute atomic E-state index is 0.00586. The monoisotopic (exact) mass is 386 g/mol. The van der Waals surface area contributed by atoms with Gasteiger partial charge in [-0.1, -0.05) is 32.1 Å². The highest BCUT2D eigenvalue weighted by Gasteiger charge is 2.36. The van der Waals surface area contributed by atoms with Crippen LogP contribution in [0.1, 0.15) is 57.9 Å². The predicted molar refractivity (Wildman–Crippen MR) is 98.9 cm³/mol. The molecule has 3 heterocycles. The second-order valence-corrected chi connectivity index (χ2v) is 9.47. The minimum Gasteiger partial charge on any atom is -0.347 e. The van der Waals surface area contributed by atoms with Crippen LogP contribution < -0.4 is 4.90 Å². The molecule has 0 N–H and O–H groups in total. The van der Waals surface area contributed by atoms with E-state index in [1.807, 2.05) is 0 Å². The van der Waals surface area contributed by atoms with Crippen LogP contribution in [0.25, 0.3) is 0 Å². The third-order valence-corrected chi connectivity index (χ3v) is 6.66. The van der Waals surface area contributed by atoms with Crippen LogP contribution in [0.2, 0.25) is 0 Å². The highest BCUT2D eigenvalue weighted by molar-refractivity contribution is 7.15. The van der Waals surface area contributed by atoms with Crippen molar-refractivity contribution in [3.63, 3.8) is 0 Å². The Hall–Kier alpha value is -1.31. The molecule has 0 saturated carbocycles. The van der Waals surface area contributed by atoms with E-state index in [4.69, 9.17) is 0 Å². The molecule has 0 bridgehead atoms. The van der Waals surface area contributed by atoms with Gasteiger partial charge in [0.1, 0.15) is 5.01 Å². The number of piperidine rings is 2. The summed E-state index contributed by atoms with van der Waals surface area (Å²) in [6.45, 7) is 8.50. The van der Waals surface area contributed by atoms with Gasteiger partial charge >= 0.3 is 0 Å². The zero-order chi connectivity index (χ0) is 18.9. The van der Waals surface area contributed by atoms with Crippen molar-refractivity contribution in [1.82, 2.24) is 15.1 Å². The molecule has 0 spiro atoms. The lowest BCUT2D eigenvalue weighted by Crippen LogP contribution is -2.44. The Labute approximate surface area is 157 Å². The lowest BCUT2D eigenvalue weighted by molar-refractivity contribution is -0.138. The summed E-state index contributed by atoms with van der Waals surface area (Å²) in [4.78, 5) is 16.3. The first-order valence-corrected chi connectivity index (χ1v) is 10.2. The lowest BCUT2D eigenvalue weighted by atomic mass is 9.92. The number of hydrogen-bond acceptors (Lipinski definition) is 5. The van der Waals surface area contributed by atoms with Gasteiger partial charge in [-0.3, -0.25) is 4.79 Å². The van der Waals surface area contributed by atoms with Gasteiger partial charge in [0.25, 0.3) is 5.92 Å². The zero-order valence-electron chi connectivity index (χ0n) is 15.8. The van der Waals surface area contributed by atoms with Gasteiger partial charge in [-0.15, -0.1) is 10.2 Å². The van der Waals surface area contributed by atoms with Crippen LogP contribution in [0.15, 0.2) is 0 Å². The number of carbonyl (C=O) groups excluding carboxylic acids is 1. The number of nitrogens with zero attached hydrogens (tertiary/aromatic N) is 4. The number of halogens is 2. The average Bonchev–Trinajstić information content (AvgIpc) is 3.05. The Morgan fingerprint density at radius 3 is 2.31 bits per heavy atom. The third-order valence-electron chi connectivity index (χ3n) is 5.25. The van der Waals surface area contributed by atoms with Crippen LogP contribution in [0.3, 0.4) is 0 Å². The van der Waals surface area contributed by atoms with Crippen molar-refractivity contribution in [3.05, 3.63) is 5.01 Å². The second-order valence-electron chi connectivity index (χ2n) is 8.51. The first kappa shape index (κ1) is 19.5. The van der Waals surface area contributed by atoms with Crippen molar-refractivity contribution in [3.8, 4) is 0 Å². The summed E-state index contributed by atoms with van der Waals surface area (Å²) >= 11 is 1.64. The molecule has 0 aliphatic carbocycles. The number of anilines is 1. The topological polar surface area (TPSA) is 49.3 Å². The van der Waals surface area contributed by atoms with Gasteiger partial charge in [-0.2, -0.15) is 0 Å². The molecule has 2 aliphatic heterocycles. The molecule has 0 unspecified atom stereocenters. The largest absolute Gasteiger partial charge is 0.347 e. The van der Waals surface area contributed by atoms with Crippen LogP contribution in [0.5, 0.6) is 0 Å². The molecule has 0 aromatic carbocycles. The summed E-state index contributed by atoms with van der Waals surface area (Å²) in [5.74, 6) is -2.24. The molecular formula is C18H28F2N4OS. The van der Waals surface area contributed by atoms with Crippen LogP contribution in [0, 0.1) is 5.92 Å². The number of alkyl halides is 2. The fraction of sp³-hybridized carbons (Fsp3) is 0.833. The van der Waals surface area contributed by atoms with Crippen molar-refractivity contribution in [2.24, 2.45) is 5.92 Å². The molecule has 8 heteroatoms. The van der Waals surface area contributed by atoms with E-state index in [0.717, 1.165) is 36.1 Å². The van der Waals surface area contributed by atoms with Gasteiger partial charge in [-0.25, -0.2) is 8.78 Å². The molecule has 2 fully saturated rings. The summed E-state index contributed by atoms with van der Waals surface area (Å²) in [6, 6.07) is 0. The Kier molecular flexibility index (Phi) is 5.51. The standard InChI is InChI=1S/C18H28F2N4OS/c1-17(2,3)15-21-22-16(26-15)24-8-4-13(5-9-24)12-14(25)23-10-6-18(19,20)7-11-23/h13H,4-12H2,1-3H3. The second kappa shape index (κ2) is 7.37. The number of carbonyl (C=O) groups is 1. The van der Waals surface area contributed by atoms with Crippen molar-refractivity contribution in [2.45, 2.75) is 64.2 Å². The Morgan fingerprint density at radius 1 is 1.15 bits per heavy atom. The van der Waals surface area contributed by atoms with Gasteiger partial charge < -0.3 is 9.80 Å². The van der Waals surface area contributed by atoms with E-state index in [2.05, 4.69) is 35.9 Å². The van der Waals surface area contributed by atoms with E-state index in [1.54, 1.807) is 16.2 Å². The lowest BCUT2D eigenvalue weighted by Gasteiger charge is -2.35. The zero-order valence-corrected chi connectivity index (χ0v) is 16.6. The van der Waals surface area contributed by atoms with Crippen molar-refractivity contribution < 1.29 is 13.6 Å². The van der Waals surface area contributed by atoms with E-state index in [9.17, 15) is 13.6 Å². The van der Waals surface area contributed by atoms with Gasteiger partial charge in [0.2, 0.25) is 11.0 Å². The van der Waals surface area contributed by atoms with Crippen molar-refractivity contribution in [2.75, 3.05) is 31.1 Å². The molecule has 2 saturated heterocycles. The maximum Gasteiger partial charge on any atom is 0.251 e. The van der Waals surface area contributed by atoms with E-state index >= 15 is 0 Å². The third kappa shape index (κ3) is 4.69. The number of rotatable bonds is 3. The first-order chi connectivity index (χ1) is 12.1. The SMILES string of the molecule is CC(C)(C)c1nnc(N2CCC(CC(=O)N3CCC(F)(F)CC3)CC2)s1. The fourth-order valence-corrected chi connectivity index (χ4v) is 4.39. The highest BCUT2D eigenvalue weighted by atomic mass is 32.1. The molecule has 5 nitrogen and oxygen atoms in total. The Bertz CT molecular complexity index is 625. The molecule has 2 aliphatic rings. The highest BCUT2D eigenvalue weighted by Crippen LogP contribution is 2.33. The van der Waals surface area contributed by atoms with E-state index in [0.29, 0.717) is 12.3 Å². The fourth-order valence-electron chi connectivity index (χ4n) is 3.43. The number of hydrogen-bond donors (Lipinski definition) is 0. The van der Waals surface area contributed by atoms with Gasteiger partial charge in [0.05, 0.1) is 0 Å². The van der Waals surface area contributed by atoms with Gasteiger partial charge in [-0.05, 0) is 18.8 Å². The summed E-state index contributed by atoms with van der Waals surface area (Å²) in [6.07, 6.45) is 1.93. The maximum absolute atomic E-state index is 13.2. The van der Waals surface area contributed by atoms with E-state index < -0.39 is 5.92 Å². The van der Waals surface area contributed by atoms with Crippen LogP contribution >= 0.6 is 11.3 Å². The smallest absolute Gasteiger partial charge is 0.251 e. The van der Waals surface area contributed by atoms with Crippen molar-refractivity contribution >= 4 is 22.4 Å². The first-order valence-electron chi connectivity index (χ1n) is 9.39. The summed E-state index contributed by atoms with van der Waals surface area (Å²) in [5, 5.41) is 10.6. The Morgan fingerprint density at radius 2 is 1.77 bits per heavy atom. The quantitative estimate of drug-likeness (QED) is 0.795. The molecule has 26 heavy (non-hydrogen) atoms. The van der Waals surface area contributed by atoms with E-state index in [-0.39, 0.29) is 37.3 Å².